The average molecular weight is 495 g/mol. The van der Waals surface area contributed by atoms with Gasteiger partial charge in [0.25, 0.3) is 0 Å². The van der Waals surface area contributed by atoms with Crippen molar-refractivity contribution in [3.05, 3.63) is 49.1 Å². The van der Waals surface area contributed by atoms with E-state index in [1.54, 1.807) is 38.6 Å². The second-order valence-corrected chi connectivity index (χ2v) is 9.76. The van der Waals surface area contributed by atoms with Crippen molar-refractivity contribution in [3.8, 4) is 28.6 Å². The zero-order chi connectivity index (χ0) is 25.3. The van der Waals surface area contributed by atoms with Gasteiger partial charge in [-0.25, -0.2) is 9.37 Å². The number of aromatic nitrogens is 4. The molecule has 2 saturated heterocycles. The third-order valence-electron chi connectivity index (χ3n) is 7.25. The molecule has 0 spiro atoms. The summed E-state index contributed by atoms with van der Waals surface area (Å²) >= 11 is 0. The minimum absolute atomic E-state index is 0.0813. The maximum atomic E-state index is 15.5. The minimum Gasteiger partial charge on any atom is -0.470 e. The molecule has 190 valence electrons. The Bertz CT molecular complexity index is 1170. The molecule has 0 radical (unpaired) electrons. The molecule has 1 unspecified atom stereocenters. The number of rotatable bonds is 8. The Morgan fingerprint density at radius 1 is 1.25 bits per heavy atom. The molecule has 36 heavy (non-hydrogen) atoms. The molecule has 4 atom stereocenters. The van der Waals surface area contributed by atoms with Crippen molar-refractivity contribution in [3.63, 3.8) is 0 Å². The van der Waals surface area contributed by atoms with Crippen molar-refractivity contribution in [2.24, 2.45) is 0 Å². The molecule has 2 aliphatic heterocycles. The summed E-state index contributed by atoms with van der Waals surface area (Å²) in [5.41, 5.74) is 1.90. The maximum absolute atomic E-state index is 15.5. The number of ether oxygens (including phenoxy) is 3. The summed E-state index contributed by atoms with van der Waals surface area (Å²) in [6.45, 7) is 3.87. The van der Waals surface area contributed by atoms with E-state index in [4.69, 9.17) is 14.2 Å². The summed E-state index contributed by atoms with van der Waals surface area (Å²) in [6.07, 6.45) is 6.40. The lowest BCUT2D eigenvalue weighted by atomic mass is 9.65. The van der Waals surface area contributed by atoms with Gasteiger partial charge in [-0.05, 0) is 44.8 Å². The van der Waals surface area contributed by atoms with Crippen LogP contribution in [0.4, 0.5) is 4.39 Å². The highest BCUT2D eigenvalue weighted by Gasteiger charge is 2.54. The van der Waals surface area contributed by atoms with E-state index in [0.29, 0.717) is 24.3 Å². The van der Waals surface area contributed by atoms with E-state index in [9.17, 15) is 5.02 Å². The number of hydrogen-bond donors (Lipinski definition) is 1. The molecule has 11 heteroatoms. The topological polar surface area (TPSA) is 94.8 Å². The summed E-state index contributed by atoms with van der Waals surface area (Å²) in [7, 11) is 0.859. The van der Waals surface area contributed by atoms with E-state index < -0.39 is 19.3 Å². The number of fused-ring (bicyclic) bond motifs is 2. The smallest absolute Gasteiger partial charge is 0.377 e. The Balaban J connectivity index is 1.35. The molecule has 1 N–H and O–H groups in total. The normalized spacial score (nSPS) is 26.0. The lowest BCUT2D eigenvalue weighted by Gasteiger charge is -2.57. The first-order valence-electron chi connectivity index (χ1n) is 12.2. The first kappa shape index (κ1) is 24.7. The Morgan fingerprint density at radius 2 is 2.11 bits per heavy atom. The second kappa shape index (κ2) is 10.2. The Morgan fingerprint density at radius 3 is 2.81 bits per heavy atom. The minimum atomic E-state index is -1.22. The van der Waals surface area contributed by atoms with Crippen molar-refractivity contribution in [2.45, 2.75) is 63.3 Å². The number of hydrogen-bond acceptors (Lipinski definition) is 8. The monoisotopic (exact) mass is 495 g/mol. The molecule has 2 fully saturated rings. The maximum Gasteiger partial charge on any atom is 0.377 e. The van der Waals surface area contributed by atoms with Gasteiger partial charge in [0.2, 0.25) is 5.88 Å². The van der Waals surface area contributed by atoms with Crippen molar-refractivity contribution < 1.29 is 23.6 Å². The van der Waals surface area contributed by atoms with Crippen LogP contribution in [-0.4, -0.2) is 74.4 Å². The van der Waals surface area contributed by atoms with Gasteiger partial charge in [-0.1, -0.05) is 6.42 Å². The molecule has 0 saturated carbocycles. The van der Waals surface area contributed by atoms with Crippen molar-refractivity contribution in [2.75, 3.05) is 13.9 Å². The van der Waals surface area contributed by atoms with Gasteiger partial charge in [0.05, 0.1) is 17.7 Å². The number of imidazole rings is 1. The van der Waals surface area contributed by atoms with Gasteiger partial charge in [-0.2, -0.15) is 0 Å². The van der Waals surface area contributed by atoms with Crippen molar-refractivity contribution >= 4 is 7.05 Å². The molecule has 2 bridgehead atoms. The second-order valence-electron chi connectivity index (χ2n) is 9.76. The Hall–Kier alpha value is -3.02. The fraction of sp³-hybridized carbons (Fsp3) is 0.480. The summed E-state index contributed by atoms with van der Waals surface area (Å²) in [5.74, 6) is 0.856. The van der Waals surface area contributed by atoms with E-state index in [0.717, 1.165) is 24.1 Å². The number of piperidine rings is 2. The van der Waals surface area contributed by atoms with E-state index in [-0.39, 0.29) is 24.3 Å². The van der Waals surface area contributed by atoms with Crippen LogP contribution in [0.2, 0.25) is 6.82 Å². The number of halogens is 1. The van der Waals surface area contributed by atoms with Crippen LogP contribution in [0.25, 0.3) is 16.9 Å². The summed E-state index contributed by atoms with van der Waals surface area (Å²) in [4.78, 5) is 6.01. The van der Waals surface area contributed by atoms with Crippen LogP contribution in [-0.2, 0) is 4.74 Å². The predicted octanol–water partition coefficient (Wildman–Crippen LogP) is 3.52. The molecule has 2 aromatic heterocycles. The van der Waals surface area contributed by atoms with Crippen LogP contribution >= 0.6 is 0 Å². The van der Waals surface area contributed by atoms with Gasteiger partial charge in [0.15, 0.2) is 13.0 Å². The molecule has 0 aliphatic carbocycles. The van der Waals surface area contributed by atoms with E-state index in [1.807, 2.05) is 33.8 Å². The Labute approximate surface area is 210 Å². The molecule has 9 nitrogen and oxygen atoms in total. The number of benzene rings is 1. The summed E-state index contributed by atoms with van der Waals surface area (Å²) in [6, 6.07) is 8.84. The molecule has 1 aromatic carbocycles. The lowest BCUT2D eigenvalue weighted by Crippen LogP contribution is -2.70. The third kappa shape index (κ3) is 4.70. The predicted molar refractivity (Wildman–Crippen MR) is 133 cm³/mol. The first-order valence-corrected chi connectivity index (χ1v) is 12.2. The van der Waals surface area contributed by atoms with Crippen LogP contribution in [0.3, 0.4) is 0 Å². The highest BCUT2D eigenvalue weighted by atomic mass is 19.1. The fourth-order valence-electron chi connectivity index (χ4n) is 5.73. The first-order chi connectivity index (χ1) is 17.4. The fourth-order valence-corrected chi connectivity index (χ4v) is 5.73. The van der Waals surface area contributed by atoms with Gasteiger partial charge in [-0.3, -0.25) is 0 Å². The highest BCUT2D eigenvalue weighted by molar-refractivity contribution is 6.45. The van der Waals surface area contributed by atoms with E-state index in [2.05, 4.69) is 22.1 Å². The van der Waals surface area contributed by atoms with E-state index >= 15 is 4.39 Å². The zero-order valence-electron chi connectivity index (χ0n) is 20.7. The average Bonchev–Trinajstić information content (AvgIpc) is 3.41. The standard InChI is InChI=1S/C25H31BFN5O4/c1-25-10-4-5-20(32(25)26(2)33)24(27)22(14-25)36-23-9-8-19(29-30-23)18-7-6-17(31-12-11-28-15-31)13-21(18)35-16-34-3/h6-9,11-13,15,20,22,24,33H,4-5,10,14,16H2,1-3H3/t20?,22-,24+,25-/m0/s1. The van der Waals surface area contributed by atoms with Crippen LogP contribution in [0.1, 0.15) is 32.6 Å². The van der Waals surface area contributed by atoms with Gasteiger partial charge >= 0.3 is 7.05 Å². The zero-order valence-corrected chi connectivity index (χ0v) is 20.7. The van der Waals surface area contributed by atoms with Gasteiger partial charge < -0.3 is 28.6 Å². The third-order valence-corrected chi connectivity index (χ3v) is 7.25. The van der Waals surface area contributed by atoms with Gasteiger partial charge in [0, 0.05) is 55.2 Å². The van der Waals surface area contributed by atoms with Crippen molar-refractivity contribution in [1.82, 2.24) is 24.6 Å². The number of nitrogens with zero attached hydrogens (tertiary/aromatic N) is 5. The molecule has 3 aromatic rings. The highest BCUT2D eigenvalue weighted by Crippen LogP contribution is 2.44. The largest absolute Gasteiger partial charge is 0.470 e. The molecule has 2 aliphatic rings. The summed E-state index contributed by atoms with van der Waals surface area (Å²) < 4.78 is 34.3. The van der Waals surface area contributed by atoms with Crippen LogP contribution < -0.4 is 9.47 Å². The SMILES string of the molecule is COCOc1cc(-n2ccnc2)ccc1-c1ccc(O[C@H]2C[C@]3(C)CCCC([C@H]2F)N3B(C)O)nn1. The van der Waals surface area contributed by atoms with Crippen LogP contribution in [0, 0.1) is 0 Å². The molecule has 4 heterocycles. The van der Waals surface area contributed by atoms with E-state index in [1.165, 1.54) is 0 Å². The molecular weight excluding hydrogens is 464 g/mol. The van der Waals surface area contributed by atoms with Gasteiger partial charge in [-0.15, -0.1) is 10.2 Å². The van der Waals surface area contributed by atoms with Gasteiger partial charge in [0.1, 0.15) is 11.9 Å². The Kier molecular flexibility index (Phi) is 6.96. The molecular formula is C25H31BFN5O4. The molecule has 5 rings (SSSR count). The number of methoxy groups -OCH3 is 1. The molecule has 0 amide bonds. The van der Waals surface area contributed by atoms with Crippen molar-refractivity contribution in [1.29, 1.82) is 0 Å². The quantitative estimate of drug-likeness (QED) is 0.375. The van der Waals surface area contributed by atoms with Crippen LogP contribution in [0.5, 0.6) is 11.6 Å². The number of alkyl halides is 1. The summed E-state index contributed by atoms with van der Waals surface area (Å²) in [5, 5.41) is 18.9. The lowest BCUT2D eigenvalue weighted by molar-refractivity contribution is -0.0838. The van der Waals surface area contributed by atoms with Crippen LogP contribution in [0.15, 0.2) is 49.1 Å².